The van der Waals surface area contributed by atoms with Crippen LogP contribution in [0.1, 0.15) is 10.6 Å². The molecule has 1 fully saturated rings. The van der Waals surface area contributed by atoms with Crippen molar-refractivity contribution in [2.24, 2.45) is 0 Å². The number of esters is 1. The highest BCUT2D eigenvalue weighted by Crippen LogP contribution is 2.24. The van der Waals surface area contributed by atoms with E-state index in [4.69, 9.17) is 13.9 Å². The van der Waals surface area contributed by atoms with Gasteiger partial charge in [-0.1, -0.05) is 0 Å². The summed E-state index contributed by atoms with van der Waals surface area (Å²) < 4.78 is 21.2. The second-order valence-electron chi connectivity index (χ2n) is 5.10. The van der Waals surface area contributed by atoms with Gasteiger partial charge in [0.25, 0.3) is 0 Å². The monoisotopic (exact) mass is 305 g/mol. The first-order valence-electron chi connectivity index (χ1n) is 7.31. The van der Waals surface area contributed by atoms with Crippen LogP contribution in [0.2, 0.25) is 0 Å². The maximum absolute atomic E-state index is 11.5. The van der Waals surface area contributed by atoms with Crippen LogP contribution in [0.5, 0.6) is 5.75 Å². The lowest BCUT2D eigenvalue weighted by Gasteiger charge is -2.26. The lowest BCUT2D eigenvalue weighted by atomic mass is 10.2. The Morgan fingerprint density at radius 2 is 2.09 bits per heavy atom. The second-order valence-corrected chi connectivity index (χ2v) is 5.10. The zero-order valence-electron chi connectivity index (χ0n) is 12.5. The molecular formula is C16H19NO5. The fourth-order valence-electron chi connectivity index (χ4n) is 2.43. The van der Waals surface area contributed by atoms with Crippen LogP contribution in [-0.2, 0) is 9.47 Å². The fraction of sp³-hybridized carbons (Fsp3) is 0.438. The molecule has 0 saturated carbocycles. The molecule has 0 N–H and O–H groups in total. The van der Waals surface area contributed by atoms with Crippen molar-refractivity contribution in [3.05, 3.63) is 30.0 Å². The molecule has 6 nitrogen and oxygen atoms in total. The summed E-state index contributed by atoms with van der Waals surface area (Å²) in [6.07, 6.45) is 0. The van der Waals surface area contributed by atoms with E-state index >= 15 is 0 Å². The van der Waals surface area contributed by atoms with E-state index in [1.54, 1.807) is 12.1 Å². The lowest BCUT2D eigenvalue weighted by molar-refractivity contribution is 0.0322. The number of carbonyl (C=O) groups excluding carboxylic acids is 1. The number of ether oxygens (including phenoxy) is 3. The molecule has 0 radical (unpaired) electrons. The van der Waals surface area contributed by atoms with Gasteiger partial charge >= 0.3 is 5.97 Å². The molecule has 1 aliphatic rings. The van der Waals surface area contributed by atoms with Crippen molar-refractivity contribution < 1.29 is 23.4 Å². The number of carbonyl (C=O) groups is 1. The quantitative estimate of drug-likeness (QED) is 0.787. The van der Waals surface area contributed by atoms with Crippen molar-refractivity contribution in [2.75, 3.05) is 46.6 Å². The summed E-state index contributed by atoms with van der Waals surface area (Å²) in [7, 11) is 1.33. The Morgan fingerprint density at radius 3 is 2.86 bits per heavy atom. The van der Waals surface area contributed by atoms with Gasteiger partial charge < -0.3 is 18.6 Å². The molecule has 2 aromatic rings. The van der Waals surface area contributed by atoms with Gasteiger partial charge in [-0.25, -0.2) is 4.79 Å². The van der Waals surface area contributed by atoms with E-state index in [1.807, 2.05) is 12.1 Å². The van der Waals surface area contributed by atoms with Crippen LogP contribution in [0.4, 0.5) is 0 Å². The predicted molar refractivity (Wildman–Crippen MR) is 80.3 cm³/mol. The summed E-state index contributed by atoms with van der Waals surface area (Å²) in [6.45, 7) is 4.97. The summed E-state index contributed by atoms with van der Waals surface area (Å²) in [5, 5.41) is 0.823. The summed E-state index contributed by atoms with van der Waals surface area (Å²) in [6, 6.07) is 7.17. The van der Waals surface area contributed by atoms with Crippen molar-refractivity contribution in [1.82, 2.24) is 4.90 Å². The molecule has 1 aromatic heterocycles. The Hall–Kier alpha value is -2.05. The Balaban J connectivity index is 1.60. The van der Waals surface area contributed by atoms with Crippen LogP contribution in [0.25, 0.3) is 11.0 Å². The first kappa shape index (κ1) is 14.9. The topological polar surface area (TPSA) is 61.1 Å². The first-order chi connectivity index (χ1) is 10.8. The van der Waals surface area contributed by atoms with Gasteiger partial charge in [-0.3, -0.25) is 4.90 Å². The van der Waals surface area contributed by atoms with Crippen LogP contribution in [0, 0.1) is 0 Å². The van der Waals surface area contributed by atoms with Gasteiger partial charge in [0.1, 0.15) is 17.9 Å². The molecule has 0 spiro atoms. The van der Waals surface area contributed by atoms with Crippen LogP contribution < -0.4 is 4.74 Å². The average molecular weight is 305 g/mol. The summed E-state index contributed by atoms with van der Waals surface area (Å²) in [4.78, 5) is 13.8. The Morgan fingerprint density at radius 1 is 1.27 bits per heavy atom. The lowest BCUT2D eigenvalue weighted by Crippen LogP contribution is -2.38. The number of methoxy groups -OCH3 is 1. The van der Waals surface area contributed by atoms with E-state index in [0.29, 0.717) is 12.2 Å². The Kier molecular flexibility index (Phi) is 4.60. The summed E-state index contributed by atoms with van der Waals surface area (Å²) in [5.74, 6) is 0.479. The molecule has 0 bridgehead atoms. The maximum atomic E-state index is 11.5. The number of rotatable bonds is 5. The summed E-state index contributed by atoms with van der Waals surface area (Å²) >= 11 is 0. The van der Waals surface area contributed by atoms with Crippen LogP contribution in [-0.4, -0.2) is 57.4 Å². The molecule has 1 aliphatic heterocycles. The molecule has 0 atom stereocenters. The zero-order chi connectivity index (χ0) is 15.4. The molecule has 118 valence electrons. The van der Waals surface area contributed by atoms with Crippen molar-refractivity contribution in [1.29, 1.82) is 0 Å². The molecule has 6 heteroatoms. The van der Waals surface area contributed by atoms with Crippen molar-refractivity contribution in [3.8, 4) is 5.75 Å². The number of hydrogen-bond donors (Lipinski definition) is 0. The SMILES string of the molecule is COC(=O)c1cc2cc(OCCN3CCOCC3)ccc2o1. The fourth-order valence-corrected chi connectivity index (χ4v) is 2.43. The average Bonchev–Trinajstić information content (AvgIpc) is 2.98. The number of nitrogens with zero attached hydrogens (tertiary/aromatic N) is 1. The largest absolute Gasteiger partial charge is 0.492 e. The first-order valence-corrected chi connectivity index (χ1v) is 7.31. The molecule has 0 unspecified atom stereocenters. The third-order valence-electron chi connectivity index (χ3n) is 3.65. The van der Waals surface area contributed by atoms with E-state index < -0.39 is 5.97 Å². The minimum absolute atomic E-state index is 0.197. The van der Waals surface area contributed by atoms with Crippen molar-refractivity contribution in [3.63, 3.8) is 0 Å². The molecular weight excluding hydrogens is 286 g/mol. The van der Waals surface area contributed by atoms with E-state index in [0.717, 1.165) is 44.0 Å². The molecule has 0 aliphatic carbocycles. The number of hydrogen-bond acceptors (Lipinski definition) is 6. The predicted octanol–water partition coefficient (Wildman–Crippen LogP) is 1.93. The standard InChI is InChI=1S/C16H19NO5/c1-19-16(18)15-11-12-10-13(2-3-14(12)22-15)21-9-6-17-4-7-20-8-5-17/h2-3,10-11H,4-9H2,1H3. The maximum Gasteiger partial charge on any atom is 0.373 e. The smallest absolute Gasteiger partial charge is 0.373 e. The van der Waals surface area contributed by atoms with E-state index in [-0.39, 0.29) is 5.76 Å². The van der Waals surface area contributed by atoms with Crippen LogP contribution in [0.15, 0.2) is 28.7 Å². The second kappa shape index (κ2) is 6.81. The number of furan rings is 1. The molecule has 0 amide bonds. The molecule has 2 heterocycles. The normalized spacial score (nSPS) is 15.9. The minimum atomic E-state index is -0.481. The number of fused-ring (bicyclic) bond motifs is 1. The summed E-state index contributed by atoms with van der Waals surface area (Å²) in [5.41, 5.74) is 0.640. The van der Waals surface area contributed by atoms with Gasteiger partial charge in [0.05, 0.1) is 20.3 Å². The van der Waals surface area contributed by atoms with Gasteiger partial charge in [-0.15, -0.1) is 0 Å². The number of morpholine rings is 1. The van der Waals surface area contributed by atoms with Crippen molar-refractivity contribution in [2.45, 2.75) is 0 Å². The van der Waals surface area contributed by atoms with Crippen molar-refractivity contribution >= 4 is 16.9 Å². The van der Waals surface area contributed by atoms with Crippen LogP contribution in [0.3, 0.4) is 0 Å². The highest BCUT2D eigenvalue weighted by Gasteiger charge is 2.13. The third-order valence-corrected chi connectivity index (χ3v) is 3.65. The van der Waals surface area contributed by atoms with E-state index in [9.17, 15) is 4.79 Å². The highest BCUT2D eigenvalue weighted by molar-refractivity contribution is 5.92. The molecule has 1 saturated heterocycles. The molecule has 3 rings (SSSR count). The molecule has 1 aromatic carbocycles. The van der Waals surface area contributed by atoms with E-state index in [2.05, 4.69) is 9.64 Å². The minimum Gasteiger partial charge on any atom is -0.492 e. The number of benzene rings is 1. The molecule has 22 heavy (non-hydrogen) atoms. The van der Waals surface area contributed by atoms with Gasteiger partial charge in [0.15, 0.2) is 0 Å². The van der Waals surface area contributed by atoms with Gasteiger partial charge in [-0.2, -0.15) is 0 Å². The van der Waals surface area contributed by atoms with Crippen LogP contribution >= 0.6 is 0 Å². The van der Waals surface area contributed by atoms with Gasteiger partial charge in [0.2, 0.25) is 5.76 Å². The van der Waals surface area contributed by atoms with Gasteiger partial charge in [-0.05, 0) is 24.3 Å². The van der Waals surface area contributed by atoms with E-state index in [1.165, 1.54) is 7.11 Å². The highest BCUT2D eigenvalue weighted by atomic mass is 16.5. The van der Waals surface area contributed by atoms with Gasteiger partial charge in [0, 0.05) is 25.0 Å². The zero-order valence-corrected chi connectivity index (χ0v) is 12.5. The Labute approximate surface area is 128 Å². The third kappa shape index (κ3) is 3.40. The Bertz CT molecular complexity index is 645.